The third-order valence-corrected chi connectivity index (χ3v) is 3.52. The number of rotatable bonds is 5. The van der Waals surface area contributed by atoms with Gasteiger partial charge in [0.25, 0.3) is 5.56 Å². The van der Waals surface area contributed by atoms with Crippen LogP contribution in [0.2, 0.25) is 0 Å². The molecular weight excluding hydrogens is 268 g/mol. The predicted octanol–water partition coefficient (Wildman–Crippen LogP) is 1.28. The van der Waals surface area contributed by atoms with E-state index < -0.39 is 0 Å². The Hall–Kier alpha value is -2.11. The number of nitrogens with two attached hydrogens (primary N) is 1. The van der Waals surface area contributed by atoms with Gasteiger partial charge in [0.15, 0.2) is 0 Å². The molecule has 2 aromatic rings. The van der Waals surface area contributed by atoms with E-state index in [4.69, 9.17) is 10.5 Å². The first-order valence-electron chi connectivity index (χ1n) is 6.81. The molecule has 21 heavy (non-hydrogen) atoms. The summed E-state index contributed by atoms with van der Waals surface area (Å²) in [6.45, 7) is 2.19. The Morgan fingerprint density at radius 3 is 2.71 bits per heavy atom. The first-order valence-corrected chi connectivity index (χ1v) is 6.81. The van der Waals surface area contributed by atoms with Gasteiger partial charge < -0.3 is 20.1 Å². The highest BCUT2D eigenvalue weighted by Crippen LogP contribution is 2.24. The summed E-state index contributed by atoms with van der Waals surface area (Å²) in [4.78, 5) is 12.5. The van der Waals surface area contributed by atoms with E-state index in [2.05, 4.69) is 0 Å². The minimum atomic E-state index is -0.149. The van der Waals surface area contributed by atoms with Crippen LogP contribution in [0.15, 0.2) is 35.1 Å². The summed E-state index contributed by atoms with van der Waals surface area (Å²) in [5.41, 5.74) is 8.56. The quantitative estimate of drug-likeness (QED) is 0.869. The lowest BCUT2D eigenvalue weighted by atomic mass is 10.0. The number of hydrogen-bond donors (Lipinski definition) is 2. The van der Waals surface area contributed by atoms with Gasteiger partial charge in [-0.15, -0.1) is 0 Å². The SMILES string of the molecule is COc1cccc(-c2cc(C)c(CN)c(=O)n2CCO)c1. The van der Waals surface area contributed by atoms with Gasteiger partial charge in [0.1, 0.15) is 5.75 Å². The van der Waals surface area contributed by atoms with Gasteiger partial charge in [-0.1, -0.05) is 12.1 Å². The van der Waals surface area contributed by atoms with Crippen LogP contribution in [0.3, 0.4) is 0 Å². The molecule has 0 unspecified atom stereocenters. The zero-order chi connectivity index (χ0) is 15.4. The van der Waals surface area contributed by atoms with E-state index >= 15 is 0 Å². The minimum absolute atomic E-state index is 0.107. The average Bonchev–Trinajstić information content (AvgIpc) is 2.50. The standard InChI is InChI=1S/C16H20N2O3/c1-11-8-15(12-4-3-5-13(9-12)21-2)18(6-7-19)16(20)14(11)10-17/h3-5,8-9,19H,6-7,10,17H2,1-2H3. The summed E-state index contributed by atoms with van der Waals surface area (Å²) in [6, 6.07) is 9.41. The van der Waals surface area contributed by atoms with Gasteiger partial charge in [0, 0.05) is 24.2 Å². The third kappa shape index (κ3) is 2.99. The molecule has 0 aliphatic rings. The highest BCUT2D eigenvalue weighted by atomic mass is 16.5. The molecule has 1 aromatic heterocycles. The van der Waals surface area contributed by atoms with Gasteiger partial charge in [-0.25, -0.2) is 0 Å². The van der Waals surface area contributed by atoms with Crippen molar-refractivity contribution in [3.63, 3.8) is 0 Å². The molecule has 0 fully saturated rings. The molecule has 0 amide bonds. The van der Waals surface area contributed by atoms with Crippen LogP contribution < -0.4 is 16.0 Å². The van der Waals surface area contributed by atoms with Crippen molar-refractivity contribution < 1.29 is 9.84 Å². The topological polar surface area (TPSA) is 77.5 Å². The van der Waals surface area contributed by atoms with E-state index in [-0.39, 0.29) is 25.3 Å². The Bertz CT molecular complexity index is 692. The average molecular weight is 288 g/mol. The Labute approximate surface area is 123 Å². The van der Waals surface area contributed by atoms with Crippen molar-refractivity contribution in [1.29, 1.82) is 0 Å². The largest absolute Gasteiger partial charge is 0.497 e. The molecule has 0 spiro atoms. The smallest absolute Gasteiger partial charge is 0.255 e. The summed E-state index contributed by atoms with van der Waals surface area (Å²) >= 11 is 0. The normalized spacial score (nSPS) is 10.7. The molecule has 0 atom stereocenters. The second kappa shape index (κ2) is 6.56. The highest BCUT2D eigenvalue weighted by Gasteiger charge is 2.13. The van der Waals surface area contributed by atoms with Crippen molar-refractivity contribution in [2.45, 2.75) is 20.0 Å². The molecule has 5 heteroatoms. The zero-order valence-corrected chi connectivity index (χ0v) is 12.3. The second-order valence-corrected chi connectivity index (χ2v) is 4.81. The molecule has 0 bridgehead atoms. The Kier molecular flexibility index (Phi) is 4.77. The molecule has 5 nitrogen and oxygen atoms in total. The summed E-state index contributed by atoms with van der Waals surface area (Å²) in [6.07, 6.45) is 0. The number of benzene rings is 1. The highest BCUT2D eigenvalue weighted by molar-refractivity contribution is 5.63. The molecule has 0 saturated carbocycles. The van der Waals surface area contributed by atoms with Crippen LogP contribution in [0.4, 0.5) is 0 Å². The summed E-state index contributed by atoms with van der Waals surface area (Å²) in [5, 5.41) is 9.23. The molecule has 112 valence electrons. The van der Waals surface area contributed by atoms with Gasteiger partial charge in [-0.2, -0.15) is 0 Å². The minimum Gasteiger partial charge on any atom is -0.497 e. The van der Waals surface area contributed by atoms with Crippen LogP contribution in [-0.4, -0.2) is 23.4 Å². The number of pyridine rings is 1. The van der Waals surface area contributed by atoms with Crippen LogP contribution in [-0.2, 0) is 13.1 Å². The number of aromatic nitrogens is 1. The first-order chi connectivity index (χ1) is 10.1. The predicted molar refractivity (Wildman–Crippen MR) is 82.4 cm³/mol. The van der Waals surface area contributed by atoms with Gasteiger partial charge in [0.2, 0.25) is 0 Å². The van der Waals surface area contributed by atoms with Crippen LogP contribution in [0.1, 0.15) is 11.1 Å². The van der Waals surface area contributed by atoms with Crippen molar-refractivity contribution in [2.24, 2.45) is 5.73 Å². The molecular formula is C16H20N2O3. The lowest BCUT2D eigenvalue weighted by molar-refractivity contribution is 0.274. The van der Waals surface area contributed by atoms with E-state index in [0.717, 1.165) is 22.6 Å². The van der Waals surface area contributed by atoms with Crippen LogP contribution in [0.25, 0.3) is 11.3 Å². The number of aliphatic hydroxyl groups excluding tert-OH is 1. The van der Waals surface area contributed by atoms with E-state index in [0.29, 0.717) is 5.56 Å². The Morgan fingerprint density at radius 2 is 2.10 bits per heavy atom. The second-order valence-electron chi connectivity index (χ2n) is 4.81. The van der Waals surface area contributed by atoms with Gasteiger partial charge in [-0.3, -0.25) is 4.79 Å². The number of nitrogens with zero attached hydrogens (tertiary/aromatic N) is 1. The Balaban J connectivity index is 2.69. The lowest BCUT2D eigenvalue weighted by Gasteiger charge is -2.16. The molecule has 0 saturated heterocycles. The fraction of sp³-hybridized carbons (Fsp3) is 0.312. The van der Waals surface area contributed by atoms with Gasteiger partial charge in [0.05, 0.1) is 19.4 Å². The maximum absolute atomic E-state index is 12.5. The van der Waals surface area contributed by atoms with E-state index in [1.54, 1.807) is 11.7 Å². The number of methoxy groups -OCH3 is 1. The van der Waals surface area contributed by atoms with Gasteiger partial charge >= 0.3 is 0 Å². The number of aryl methyl sites for hydroxylation is 1. The summed E-state index contributed by atoms with van der Waals surface area (Å²) in [5.74, 6) is 0.719. The lowest BCUT2D eigenvalue weighted by Crippen LogP contribution is -2.29. The molecule has 1 aromatic carbocycles. The van der Waals surface area contributed by atoms with E-state index in [9.17, 15) is 9.90 Å². The van der Waals surface area contributed by atoms with Crippen molar-refractivity contribution in [3.05, 3.63) is 51.8 Å². The van der Waals surface area contributed by atoms with E-state index in [1.165, 1.54) is 0 Å². The molecule has 3 N–H and O–H groups in total. The molecule has 0 aliphatic heterocycles. The number of ether oxygens (including phenoxy) is 1. The fourth-order valence-corrected chi connectivity index (χ4v) is 2.40. The molecule has 2 rings (SSSR count). The van der Waals surface area contributed by atoms with Crippen molar-refractivity contribution in [1.82, 2.24) is 4.57 Å². The summed E-state index contributed by atoms with van der Waals surface area (Å²) < 4.78 is 6.78. The van der Waals surface area contributed by atoms with Crippen molar-refractivity contribution >= 4 is 0 Å². The molecule has 1 heterocycles. The van der Waals surface area contributed by atoms with Gasteiger partial charge in [-0.05, 0) is 30.7 Å². The van der Waals surface area contributed by atoms with E-state index in [1.807, 2.05) is 37.3 Å². The number of hydrogen-bond acceptors (Lipinski definition) is 4. The van der Waals surface area contributed by atoms with Crippen molar-refractivity contribution in [2.75, 3.05) is 13.7 Å². The Morgan fingerprint density at radius 1 is 1.33 bits per heavy atom. The zero-order valence-electron chi connectivity index (χ0n) is 12.3. The van der Waals surface area contributed by atoms with Crippen LogP contribution in [0.5, 0.6) is 5.75 Å². The molecule has 0 radical (unpaired) electrons. The third-order valence-electron chi connectivity index (χ3n) is 3.52. The fourth-order valence-electron chi connectivity index (χ4n) is 2.40. The van der Waals surface area contributed by atoms with Crippen molar-refractivity contribution in [3.8, 4) is 17.0 Å². The molecule has 0 aliphatic carbocycles. The first kappa shape index (κ1) is 15.3. The maximum Gasteiger partial charge on any atom is 0.255 e. The van der Waals surface area contributed by atoms with Crippen LogP contribution in [0, 0.1) is 6.92 Å². The maximum atomic E-state index is 12.5. The monoisotopic (exact) mass is 288 g/mol. The summed E-state index contributed by atoms with van der Waals surface area (Å²) in [7, 11) is 1.60. The van der Waals surface area contributed by atoms with Crippen LogP contribution >= 0.6 is 0 Å². The number of aliphatic hydroxyl groups is 1.